The van der Waals surface area contributed by atoms with Gasteiger partial charge in [-0.25, -0.2) is 0 Å². The van der Waals surface area contributed by atoms with Crippen LogP contribution in [0, 0.1) is 28.1 Å². The van der Waals surface area contributed by atoms with E-state index in [1.54, 1.807) is 0 Å². The summed E-state index contributed by atoms with van der Waals surface area (Å²) in [7, 11) is 0. The fraction of sp³-hybridized carbons (Fsp3) is 0.800. The van der Waals surface area contributed by atoms with Crippen molar-refractivity contribution in [2.24, 2.45) is 28.1 Å². The summed E-state index contributed by atoms with van der Waals surface area (Å²) in [6.45, 7) is 8.48. The van der Waals surface area contributed by atoms with Gasteiger partial charge in [0, 0.05) is 10.8 Å². The van der Waals surface area contributed by atoms with Crippen LogP contribution in [0.4, 0.5) is 0 Å². The molecule has 0 unspecified atom stereocenters. The molecule has 3 N–H and O–H groups in total. The van der Waals surface area contributed by atoms with Crippen LogP contribution in [0.1, 0.15) is 52.4 Å². The average molecular weight is 320 g/mol. The predicted molar refractivity (Wildman–Crippen MR) is 91.8 cm³/mol. The largest absolute Gasteiger partial charge is 0.396 e. The number of fused-ring (bicyclic) bond motifs is 3. The van der Waals surface area contributed by atoms with Gasteiger partial charge in [0.05, 0.1) is 19.3 Å². The zero-order chi connectivity index (χ0) is 16.9. The second kappa shape index (κ2) is 5.72. The number of rotatable bonds is 3. The molecule has 0 aliphatic heterocycles. The van der Waals surface area contributed by atoms with Crippen LogP contribution in [-0.4, -0.2) is 34.6 Å². The zero-order valence-electron chi connectivity index (χ0n) is 14.6. The smallest absolute Gasteiger partial charge is 0.0552 e. The maximum Gasteiger partial charge on any atom is 0.0552 e. The van der Waals surface area contributed by atoms with E-state index >= 15 is 0 Å². The van der Waals surface area contributed by atoms with Crippen molar-refractivity contribution in [2.75, 3.05) is 13.2 Å². The highest BCUT2D eigenvalue weighted by atomic mass is 16.3. The highest BCUT2D eigenvalue weighted by Crippen LogP contribution is 2.63. The van der Waals surface area contributed by atoms with Gasteiger partial charge in [-0.15, -0.1) is 6.58 Å². The Kier molecular flexibility index (Phi) is 4.27. The second-order valence-corrected chi connectivity index (χ2v) is 8.86. The molecule has 0 aromatic rings. The van der Waals surface area contributed by atoms with Gasteiger partial charge in [0.1, 0.15) is 0 Å². The van der Waals surface area contributed by atoms with Crippen molar-refractivity contribution >= 4 is 0 Å². The summed E-state index contributed by atoms with van der Waals surface area (Å²) >= 11 is 0. The Hall–Kier alpha value is -0.640. The third-order valence-corrected chi connectivity index (χ3v) is 7.40. The van der Waals surface area contributed by atoms with Gasteiger partial charge in [0.15, 0.2) is 0 Å². The van der Waals surface area contributed by atoms with Crippen LogP contribution in [0.3, 0.4) is 0 Å². The Morgan fingerprint density at radius 1 is 1.22 bits per heavy atom. The number of aliphatic hydroxyl groups excluding tert-OH is 3. The van der Waals surface area contributed by atoms with Crippen molar-refractivity contribution in [3.63, 3.8) is 0 Å². The molecule has 0 bridgehead atoms. The SMILES string of the molecule is C=C[C@@]1(C)C=C2CC[C@@H]3C(CO)(CO)C[C@@H](O)C[C@@]3(C)[C@@H]2CC1. The summed E-state index contributed by atoms with van der Waals surface area (Å²) in [6, 6.07) is 0. The molecule has 5 atom stereocenters. The van der Waals surface area contributed by atoms with Crippen LogP contribution in [-0.2, 0) is 0 Å². The van der Waals surface area contributed by atoms with Crippen molar-refractivity contribution in [1.82, 2.24) is 0 Å². The normalized spacial score (nSPS) is 45.6. The Balaban J connectivity index is 2.00. The van der Waals surface area contributed by atoms with Gasteiger partial charge >= 0.3 is 0 Å². The minimum Gasteiger partial charge on any atom is -0.396 e. The molecule has 3 aliphatic rings. The summed E-state index contributed by atoms with van der Waals surface area (Å²) < 4.78 is 0. The minimum atomic E-state index is -0.531. The quantitative estimate of drug-likeness (QED) is 0.700. The molecule has 3 aliphatic carbocycles. The van der Waals surface area contributed by atoms with E-state index in [-0.39, 0.29) is 30.0 Å². The Labute approximate surface area is 140 Å². The van der Waals surface area contributed by atoms with Crippen LogP contribution >= 0.6 is 0 Å². The first-order chi connectivity index (χ1) is 10.8. The molecule has 0 heterocycles. The van der Waals surface area contributed by atoms with E-state index in [1.165, 1.54) is 5.57 Å². The van der Waals surface area contributed by atoms with Crippen molar-refractivity contribution in [3.05, 3.63) is 24.3 Å². The Morgan fingerprint density at radius 3 is 2.52 bits per heavy atom. The third-order valence-electron chi connectivity index (χ3n) is 7.40. The Morgan fingerprint density at radius 2 is 1.91 bits per heavy atom. The van der Waals surface area contributed by atoms with Crippen LogP contribution in [0.25, 0.3) is 0 Å². The van der Waals surface area contributed by atoms with Gasteiger partial charge in [0.25, 0.3) is 0 Å². The summed E-state index contributed by atoms with van der Waals surface area (Å²) in [5.41, 5.74) is 1.04. The van der Waals surface area contributed by atoms with Gasteiger partial charge in [0.2, 0.25) is 0 Å². The molecule has 2 saturated carbocycles. The number of hydrogen-bond donors (Lipinski definition) is 3. The lowest BCUT2D eigenvalue weighted by atomic mass is 9.44. The van der Waals surface area contributed by atoms with Crippen LogP contribution in [0.15, 0.2) is 24.3 Å². The van der Waals surface area contributed by atoms with Gasteiger partial charge < -0.3 is 15.3 Å². The maximum atomic E-state index is 10.5. The lowest BCUT2D eigenvalue weighted by Gasteiger charge is -2.61. The predicted octanol–water partition coefficient (Wildman–Crippen LogP) is 3.06. The topological polar surface area (TPSA) is 60.7 Å². The summed E-state index contributed by atoms with van der Waals surface area (Å²) in [5, 5.41) is 30.6. The molecule has 130 valence electrons. The Bertz CT molecular complexity index is 507. The molecule has 0 saturated heterocycles. The molecular weight excluding hydrogens is 288 g/mol. The molecule has 3 nitrogen and oxygen atoms in total. The fourth-order valence-corrected chi connectivity index (χ4v) is 6.16. The fourth-order valence-electron chi connectivity index (χ4n) is 6.16. The van der Waals surface area contributed by atoms with E-state index < -0.39 is 11.5 Å². The van der Waals surface area contributed by atoms with E-state index in [1.807, 2.05) is 0 Å². The number of allylic oxidation sites excluding steroid dienone is 3. The van der Waals surface area contributed by atoms with E-state index in [0.717, 1.165) is 32.1 Å². The highest BCUT2D eigenvalue weighted by Gasteiger charge is 2.59. The summed E-state index contributed by atoms with van der Waals surface area (Å²) in [6.07, 6.45) is 9.61. The molecule has 3 heteroatoms. The first-order valence-electron chi connectivity index (χ1n) is 9.07. The van der Waals surface area contributed by atoms with Gasteiger partial charge in [-0.05, 0) is 55.8 Å². The first-order valence-corrected chi connectivity index (χ1v) is 9.07. The van der Waals surface area contributed by atoms with Crippen molar-refractivity contribution in [3.8, 4) is 0 Å². The summed E-state index contributed by atoms with van der Waals surface area (Å²) in [5.74, 6) is 0.741. The van der Waals surface area contributed by atoms with Crippen LogP contribution in [0.2, 0.25) is 0 Å². The standard InChI is InChI=1S/C20H32O3/c1-4-18(2)8-7-16-14(9-18)5-6-17-19(16,3)10-15(23)11-20(17,12-21)13-22/h4,9,15-17,21-23H,1,5-8,10-13H2,2-3H3/t15-,16+,17-,18+,19-/m0/s1. The molecule has 0 spiro atoms. The minimum absolute atomic E-state index is 0.0308. The number of aliphatic hydroxyl groups is 3. The van der Waals surface area contributed by atoms with Gasteiger partial charge in [-0.2, -0.15) is 0 Å². The highest BCUT2D eigenvalue weighted by molar-refractivity contribution is 5.27. The molecule has 0 aromatic heterocycles. The van der Waals surface area contributed by atoms with E-state index in [2.05, 4.69) is 32.6 Å². The molecular formula is C20H32O3. The van der Waals surface area contributed by atoms with E-state index in [9.17, 15) is 15.3 Å². The first kappa shape index (κ1) is 17.2. The summed E-state index contributed by atoms with van der Waals surface area (Å²) in [4.78, 5) is 0. The lowest BCUT2D eigenvalue weighted by Crippen LogP contribution is -2.58. The van der Waals surface area contributed by atoms with Crippen molar-refractivity contribution in [2.45, 2.75) is 58.5 Å². The molecule has 23 heavy (non-hydrogen) atoms. The molecule has 0 radical (unpaired) electrons. The maximum absolute atomic E-state index is 10.5. The van der Waals surface area contributed by atoms with Gasteiger partial charge in [-0.3, -0.25) is 0 Å². The zero-order valence-corrected chi connectivity index (χ0v) is 14.6. The third kappa shape index (κ3) is 2.52. The second-order valence-electron chi connectivity index (χ2n) is 8.86. The van der Waals surface area contributed by atoms with E-state index in [0.29, 0.717) is 12.3 Å². The molecule has 0 amide bonds. The molecule has 3 rings (SSSR count). The van der Waals surface area contributed by atoms with Crippen molar-refractivity contribution < 1.29 is 15.3 Å². The number of hydrogen-bond acceptors (Lipinski definition) is 3. The van der Waals surface area contributed by atoms with Crippen LogP contribution in [0.5, 0.6) is 0 Å². The van der Waals surface area contributed by atoms with Crippen LogP contribution < -0.4 is 0 Å². The van der Waals surface area contributed by atoms with E-state index in [4.69, 9.17) is 0 Å². The van der Waals surface area contributed by atoms with Gasteiger partial charge in [-0.1, -0.05) is 31.6 Å². The lowest BCUT2D eigenvalue weighted by molar-refractivity contribution is -0.156. The average Bonchev–Trinajstić information content (AvgIpc) is 2.52. The molecule has 0 aromatic carbocycles. The monoisotopic (exact) mass is 320 g/mol. The molecule has 2 fully saturated rings. The van der Waals surface area contributed by atoms with Crippen molar-refractivity contribution in [1.29, 1.82) is 0 Å².